The highest BCUT2D eigenvalue weighted by Crippen LogP contribution is 2.53. The molecule has 0 N–H and O–H groups in total. The van der Waals surface area contributed by atoms with Gasteiger partial charge in [-0.2, -0.15) is 0 Å². The molecular weight excluding hydrogens is 541 g/mol. The van der Waals surface area contributed by atoms with Crippen molar-refractivity contribution in [2.45, 2.75) is 26.2 Å². The number of thiophene rings is 1. The molecule has 2 aromatic heterocycles. The van der Waals surface area contributed by atoms with Crippen molar-refractivity contribution in [3.8, 4) is 5.69 Å². The van der Waals surface area contributed by atoms with Gasteiger partial charge < -0.3 is 9.47 Å². The Morgan fingerprint density at radius 1 is 0.605 bits per heavy atom. The molecule has 0 unspecified atom stereocenters. The first-order chi connectivity index (χ1) is 21.0. The van der Waals surface area contributed by atoms with Gasteiger partial charge in [0.05, 0.1) is 16.7 Å². The van der Waals surface area contributed by atoms with Crippen LogP contribution in [0.15, 0.2) is 127 Å². The maximum atomic E-state index is 2.53. The van der Waals surface area contributed by atoms with Gasteiger partial charge >= 0.3 is 0 Å². The number of benzene rings is 6. The predicted octanol–water partition coefficient (Wildman–Crippen LogP) is 11.6. The lowest BCUT2D eigenvalue weighted by atomic mass is 9.74. The summed E-state index contributed by atoms with van der Waals surface area (Å²) < 4.78 is 5.27. The molecule has 1 aliphatic rings. The van der Waals surface area contributed by atoms with E-state index < -0.39 is 0 Å². The third-order valence-electron chi connectivity index (χ3n) is 9.41. The molecule has 6 aromatic carbocycles. The Balaban J connectivity index is 1.37. The Hall–Kier alpha value is -4.86. The summed E-state index contributed by atoms with van der Waals surface area (Å²) >= 11 is 1.93. The van der Waals surface area contributed by atoms with Crippen molar-refractivity contribution in [1.29, 1.82) is 0 Å². The van der Waals surface area contributed by atoms with Crippen molar-refractivity contribution in [3.05, 3.63) is 144 Å². The summed E-state index contributed by atoms with van der Waals surface area (Å²) in [7, 11) is 0. The Morgan fingerprint density at radius 2 is 1.28 bits per heavy atom. The van der Waals surface area contributed by atoms with Crippen molar-refractivity contribution >= 4 is 70.4 Å². The molecule has 2 nitrogen and oxygen atoms in total. The standard InChI is InChI=1S/C40H30N2S/c1-25-17-19-27(20-18-25)41(26-11-5-4-6-12-26)28-21-22-35-32(23-28)40(2,3)33-24-31-29-13-8-10-16-36(29)43-39(31)37-30-14-7-9-15-34(30)42(35)38(33)37/h4-24H,1-3H3. The number of para-hydroxylation sites is 2. The topological polar surface area (TPSA) is 8.17 Å². The second-order valence-corrected chi connectivity index (χ2v) is 13.4. The average Bonchev–Trinajstić information content (AvgIpc) is 3.58. The number of aromatic nitrogens is 1. The molecule has 0 amide bonds. The quantitative estimate of drug-likeness (QED) is 0.205. The molecule has 3 heteroatoms. The molecule has 0 radical (unpaired) electrons. The van der Waals surface area contributed by atoms with Gasteiger partial charge in [-0.1, -0.05) is 86.1 Å². The molecule has 0 fully saturated rings. The zero-order valence-corrected chi connectivity index (χ0v) is 25.2. The van der Waals surface area contributed by atoms with Crippen molar-refractivity contribution < 1.29 is 0 Å². The molecular formula is C40H30N2S. The molecule has 0 spiro atoms. The molecule has 0 atom stereocenters. The lowest BCUT2D eigenvalue weighted by Crippen LogP contribution is -2.27. The number of anilines is 3. The van der Waals surface area contributed by atoms with Crippen LogP contribution in [-0.2, 0) is 5.41 Å². The Morgan fingerprint density at radius 3 is 2.09 bits per heavy atom. The van der Waals surface area contributed by atoms with Crippen LogP contribution in [0.1, 0.15) is 30.5 Å². The minimum absolute atomic E-state index is 0.208. The van der Waals surface area contributed by atoms with E-state index in [2.05, 4.69) is 158 Å². The van der Waals surface area contributed by atoms with Gasteiger partial charge in [-0.05, 0) is 78.7 Å². The summed E-state index contributed by atoms with van der Waals surface area (Å²) in [5.41, 5.74) is 11.1. The Bertz CT molecular complexity index is 2370. The van der Waals surface area contributed by atoms with Crippen LogP contribution in [0.25, 0.3) is 47.7 Å². The molecule has 8 aromatic rings. The molecule has 3 heterocycles. The molecule has 206 valence electrons. The summed E-state index contributed by atoms with van der Waals surface area (Å²) in [5, 5.41) is 5.43. The monoisotopic (exact) mass is 570 g/mol. The maximum Gasteiger partial charge on any atom is 0.0596 e. The van der Waals surface area contributed by atoms with Crippen LogP contribution in [0.2, 0.25) is 0 Å². The Kier molecular flexibility index (Phi) is 5.07. The van der Waals surface area contributed by atoms with Crippen molar-refractivity contribution in [2.75, 3.05) is 4.90 Å². The summed E-state index contributed by atoms with van der Waals surface area (Å²) in [6, 6.07) is 47.0. The zero-order valence-electron chi connectivity index (χ0n) is 24.4. The maximum absolute atomic E-state index is 2.53. The van der Waals surface area contributed by atoms with E-state index in [1.54, 1.807) is 0 Å². The first kappa shape index (κ1) is 24.7. The van der Waals surface area contributed by atoms with Gasteiger partial charge in [0.25, 0.3) is 0 Å². The summed E-state index contributed by atoms with van der Waals surface area (Å²) in [6.07, 6.45) is 0. The van der Waals surface area contributed by atoms with Gasteiger partial charge in [0, 0.05) is 53.4 Å². The van der Waals surface area contributed by atoms with Gasteiger partial charge in [-0.15, -0.1) is 11.3 Å². The normalized spacial score (nSPS) is 13.7. The van der Waals surface area contributed by atoms with E-state index in [0.717, 1.165) is 11.4 Å². The SMILES string of the molecule is Cc1ccc(N(c2ccccc2)c2ccc3c(c2)C(C)(C)c2cc4c5ccccc5sc4c4c5ccccc5n-3c24)cc1. The zero-order chi connectivity index (χ0) is 28.9. The fourth-order valence-corrected chi connectivity index (χ4v) is 8.52. The first-order valence-electron chi connectivity index (χ1n) is 15.0. The summed E-state index contributed by atoms with van der Waals surface area (Å²) in [5.74, 6) is 0. The van der Waals surface area contributed by atoms with Crippen molar-refractivity contribution in [1.82, 2.24) is 4.57 Å². The third-order valence-corrected chi connectivity index (χ3v) is 10.6. The number of hydrogen-bond acceptors (Lipinski definition) is 2. The number of hydrogen-bond donors (Lipinski definition) is 0. The van der Waals surface area contributed by atoms with E-state index in [0.29, 0.717) is 0 Å². The highest BCUT2D eigenvalue weighted by molar-refractivity contribution is 7.26. The van der Waals surface area contributed by atoms with E-state index in [1.165, 1.54) is 70.0 Å². The van der Waals surface area contributed by atoms with Gasteiger partial charge in [-0.25, -0.2) is 0 Å². The fraction of sp³-hybridized carbons (Fsp3) is 0.100. The van der Waals surface area contributed by atoms with Crippen LogP contribution in [0.4, 0.5) is 17.1 Å². The Labute approximate surface area is 255 Å². The minimum Gasteiger partial charge on any atom is -0.310 e. The number of nitrogens with zero attached hydrogens (tertiary/aromatic N) is 2. The molecule has 9 rings (SSSR count). The van der Waals surface area contributed by atoms with E-state index in [1.807, 2.05) is 11.3 Å². The van der Waals surface area contributed by atoms with Crippen LogP contribution in [0.3, 0.4) is 0 Å². The lowest BCUT2D eigenvalue weighted by molar-refractivity contribution is 0.631. The van der Waals surface area contributed by atoms with Gasteiger partial charge in [0.15, 0.2) is 0 Å². The molecule has 43 heavy (non-hydrogen) atoms. The van der Waals surface area contributed by atoms with Crippen LogP contribution < -0.4 is 4.90 Å². The largest absolute Gasteiger partial charge is 0.310 e. The highest BCUT2D eigenvalue weighted by atomic mass is 32.1. The molecule has 0 bridgehead atoms. The number of aryl methyl sites for hydroxylation is 1. The van der Waals surface area contributed by atoms with Crippen molar-refractivity contribution in [3.63, 3.8) is 0 Å². The summed E-state index contributed by atoms with van der Waals surface area (Å²) in [4.78, 5) is 2.38. The second-order valence-electron chi connectivity index (χ2n) is 12.3. The predicted molar refractivity (Wildman–Crippen MR) is 185 cm³/mol. The molecule has 0 saturated heterocycles. The van der Waals surface area contributed by atoms with Crippen LogP contribution in [-0.4, -0.2) is 4.57 Å². The van der Waals surface area contributed by atoms with E-state index in [4.69, 9.17) is 0 Å². The smallest absolute Gasteiger partial charge is 0.0596 e. The molecule has 0 aliphatic carbocycles. The summed E-state index contributed by atoms with van der Waals surface area (Å²) in [6.45, 7) is 6.96. The highest BCUT2D eigenvalue weighted by Gasteiger charge is 2.37. The van der Waals surface area contributed by atoms with Gasteiger partial charge in [-0.3, -0.25) is 0 Å². The van der Waals surface area contributed by atoms with Gasteiger partial charge in [0.1, 0.15) is 0 Å². The number of rotatable bonds is 3. The van der Waals surface area contributed by atoms with Gasteiger partial charge in [0.2, 0.25) is 0 Å². The van der Waals surface area contributed by atoms with Crippen LogP contribution in [0, 0.1) is 6.92 Å². The van der Waals surface area contributed by atoms with Crippen LogP contribution in [0.5, 0.6) is 0 Å². The van der Waals surface area contributed by atoms with Crippen LogP contribution >= 0.6 is 11.3 Å². The van der Waals surface area contributed by atoms with Crippen molar-refractivity contribution in [2.24, 2.45) is 0 Å². The molecule has 1 aliphatic heterocycles. The minimum atomic E-state index is -0.208. The fourth-order valence-electron chi connectivity index (χ4n) is 7.28. The van der Waals surface area contributed by atoms with E-state index >= 15 is 0 Å². The number of fused-ring (bicyclic) bond motifs is 9. The van der Waals surface area contributed by atoms with E-state index in [-0.39, 0.29) is 5.41 Å². The first-order valence-corrected chi connectivity index (χ1v) is 15.8. The second kappa shape index (κ2) is 8.82. The third kappa shape index (κ3) is 3.40. The lowest BCUT2D eigenvalue weighted by Gasteiger charge is -2.36. The molecule has 0 saturated carbocycles. The average molecular weight is 571 g/mol. The van der Waals surface area contributed by atoms with E-state index in [9.17, 15) is 0 Å².